The van der Waals surface area contributed by atoms with Gasteiger partial charge in [-0.05, 0) is 36.2 Å². The molecule has 0 aliphatic heterocycles. The van der Waals surface area contributed by atoms with Crippen molar-refractivity contribution in [3.05, 3.63) is 109 Å². The van der Waals surface area contributed by atoms with Crippen molar-refractivity contribution in [1.82, 2.24) is 9.78 Å². The van der Waals surface area contributed by atoms with Crippen LogP contribution in [0.2, 0.25) is 0 Å². The average molecular weight is 490 g/mol. The van der Waals surface area contributed by atoms with Gasteiger partial charge in [0.25, 0.3) is 0 Å². The summed E-state index contributed by atoms with van der Waals surface area (Å²) >= 11 is 0. The number of aliphatic carboxylic acids is 1. The van der Waals surface area contributed by atoms with Crippen LogP contribution in [0.25, 0.3) is 39.2 Å². The van der Waals surface area contributed by atoms with Gasteiger partial charge in [0.1, 0.15) is 12.2 Å². The molecule has 5 rings (SSSR count). The molecule has 0 unspecified atom stereocenters. The molecule has 6 heteroatoms. The van der Waals surface area contributed by atoms with Crippen LogP contribution in [0.15, 0.2) is 109 Å². The smallest absolute Gasteiger partial charge is 0.322 e. The lowest BCUT2D eigenvalue weighted by molar-refractivity contribution is -0.134. The normalized spacial score (nSPS) is 10.7. The summed E-state index contributed by atoms with van der Waals surface area (Å²) in [6.45, 7) is 2.30. The number of benzene rings is 4. The van der Waals surface area contributed by atoms with Crippen molar-refractivity contribution in [1.29, 1.82) is 0 Å². The van der Waals surface area contributed by atoms with Crippen molar-refractivity contribution in [3.63, 3.8) is 0 Å². The van der Waals surface area contributed by atoms with Crippen molar-refractivity contribution >= 4 is 11.7 Å². The topological polar surface area (TPSA) is 76.4 Å². The summed E-state index contributed by atoms with van der Waals surface area (Å²) in [7, 11) is 0. The third-order valence-corrected chi connectivity index (χ3v) is 5.98. The van der Waals surface area contributed by atoms with E-state index in [0.29, 0.717) is 12.5 Å². The van der Waals surface area contributed by atoms with E-state index in [1.165, 1.54) is 0 Å². The second kappa shape index (κ2) is 10.8. The standard InChI is InChI=1S/C31H27N3O3/c1-2-37-31-29(22-12-5-3-6-13-22)30(23-14-7-4-8-15-23)33-34(31)27-19-10-9-18-26(27)24-16-11-17-25(20-24)32-21-28(35)36/h3-20,32H,2,21H2,1H3,(H,35,36). The Hall–Kier alpha value is -4.84. The Morgan fingerprint density at radius 1 is 0.838 bits per heavy atom. The van der Waals surface area contributed by atoms with E-state index in [4.69, 9.17) is 14.9 Å². The monoisotopic (exact) mass is 489 g/mol. The molecule has 0 saturated heterocycles. The van der Waals surface area contributed by atoms with Gasteiger partial charge in [-0.15, -0.1) is 0 Å². The zero-order valence-corrected chi connectivity index (χ0v) is 20.5. The summed E-state index contributed by atoms with van der Waals surface area (Å²) in [5.74, 6) is -0.245. The van der Waals surface area contributed by atoms with E-state index < -0.39 is 5.97 Å². The summed E-state index contributed by atoms with van der Waals surface area (Å²) in [6.07, 6.45) is 0. The number of carboxylic acid groups (broad SMARTS) is 1. The molecule has 5 aromatic rings. The van der Waals surface area contributed by atoms with Crippen molar-refractivity contribution < 1.29 is 14.6 Å². The van der Waals surface area contributed by atoms with E-state index >= 15 is 0 Å². The highest BCUT2D eigenvalue weighted by atomic mass is 16.5. The third-order valence-electron chi connectivity index (χ3n) is 5.98. The fraction of sp³-hybridized carbons (Fsp3) is 0.0968. The Bertz CT molecular complexity index is 1510. The zero-order valence-electron chi connectivity index (χ0n) is 20.5. The number of hydrogen-bond acceptors (Lipinski definition) is 4. The first-order valence-corrected chi connectivity index (χ1v) is 12.2. The lowest BCUT2D eigenvalue weighted by Gasteiger charge is -2.15. The summed E-state index contributed by atoms with van der Waals surface area (Å²) in [5.41, 5.74) is 7.26. The lowest BCUT2D eigenvalue weighted by Crippen LogP contribution is -2.12. The van der Waals surface area contributed by atoms with Gasteiger partial charge in [0.15, 0.2) is 0 Å². The molecule has 0 amide bonds. The fourth-order valence-corrected chi connectivity index (χ4v) is 4.38. The van der Waals surface area contributed by atoms with Gasteiger partial charge in [0.05, 0.1) is 17.9 Å². The minimum Gasteiger partial charge on any atom is -0.480 e. The van der Waals surface area contributed by atoms with Crippen LogP contribution >= 0.6 is 0 Å². The van der Waals surface area contributed by atoms with E-state index in [0.717, 1.165) is 44.9 Å². The Morgan fingerprint density at radius 3 is 2.19 bits per heavy atom. The largest absolute Gasteiger partial charge is 0.480 e. The second-order valence-corrected chi connectivity index (χ2v) is 8.45. The van der Waals surface area contributed by atoms with E-state index in [2.05, 4.69) is 29.6 Å². The van der Waals surface area contributed by atoms with Crippen LogP contribution in [0, 0.1) is 0 Å². The third kappa shape index (κ3) is 5.09. The van der Waals surface area contributed by atoms with Gasteiger partial charge in [-0.2, -0.15) is 9.78 Å². The van der Waals surface area contributed by atoms with Gasteiger partial charge >= 0.3 is 5.97 Å². The van der Waals surface area contributed by atoms with Gasteiger partial charge in [-0.25, -0.2) is 0 Å². The van der Waals surface area contributed by atoms with Crippen LogP contribution in [0.4, 0.5) is 5.69 Å². The first-order chi connectivity index (χ1) is 18.2. The highest BCUT2D eigenvalue weighted by molar-refractivity contribution is 5.86. The predicted octanol–water partition coefficient (Wildman–Crippen LogP) is 6.77. The first kappa shape index (κ1) is 23.9. The van der Waals surface area contributed by atoms with Crippen LogP contribution in [-0.2, 0) is 4.79 Å². The van der Waals surface area contributed by atoms with Gasteiger partial charge in [-0.3, -0.25) is 4.79 Å². The van der Waals surface area contributed by atoms with Crippen LogP contribution < -0.4 is 10.1 Å². The van der Waals surface area contributed by atoms with E-state index in [1.54, 1.807) is 0 Å². The molecule has 0 bridgehead atoms. The maximum atomic E-state index is 11.0. The number of carboxylic acids is 1. The SMILES string of the molecule is CCOc1c(-c2ccccc2)c(-c2ccccc2)nn1-c1ccccc1-c1cccc(NCC(=O)O)c1. The molecule has 0 spiro atoms. The molecule has 184 valence electrons. The number of nitrogens with one attached hydrogen (secondary N) is 1. The van der Waals surface area contributed by atoms with E-state index in [9.17, 15) is 4.79 Å². The number of aromatic nitrogens is 2. The molecule has 0 aliphatic rings. The molecule has 37 heavy (non-hydrogen) atoms. The lowest BCUT2D eigenvalue weighted by atomic mass is 10.0. The molecule has 0 atom stereocenters. The Kier molecular flexibility index (Phi) is 6.99. The maximum absolute atomic E-state index is 11.0. The van der Waals surface area contributed by atoms with Crippen molar-refractivity contribution in [2.45, 2.75) is 6.92 Å². The molecule has 6 nitrogen and oxygen atoms in total. The predicted molar refractivity (Wildman–Crippen MR) is 147 cm³/mol. The Morgan fingerprint density at radius 2 is 1.49 bits per heavy atom. The maximum Gasteiger partial charge on any atom is 0.322 e. The quantitative estimate of drug-likeness (QED) is 0.239. The number of ether oxygens (including phenoxy) is 1. The number of para-hydroxylation sites is 1. The Balaban J connectivity index is 1.71. The highest BCUT2D eigenvalue weighted by Crippen LogP contribution is 2.42. The molecule has 4 aromatic carbocycles. The molecule has 1 heterocycles. The molecule has 0 fully saturated rings. The van der Waals surface area contributed by atoms with E-state index in [-0.39, 0.29) is 6.54 Å². The summed E-state index contributed by atoms with van der Waals surface area (Å²) in [6, 6.07) is 36.0. The fourth-order valence-electron chi connectivity index (χ4n) is 4.38. The molecule has 2 N–H and O–H groups in total. The Labute approximate surface area is 215 Å². The molecule has 1 aromatic heterocycles. The average Bonchev–Trinajstić information content (AvgIpc) is 3.32. The highest BCUT2D eigenvalue weighted by Gasteiger charge is 2.24. The van der Waals surface area contributed by atoms with Crippen LogP contribution in [0.5, 0.6) is 5.88 Å². The number of nitrogens with zero attached hydrogens (tertiary/aromatic N) is 2. The number of rotatable bonds is 9. The van der Waals surface area contributed by atoms with Crippen LogP contribution in [-0.4, -0.2) is 34.0 Å². The van der Waals surface area contributed by atoms with E-state index in [1.807, 2.05) is 96.5 Å². The van der Waals surface area contributed by atoms with Gasteiger partial charge in [-0.1, -0.05) is 91.0 Å². The summed E-state index contributed by atoms with van der Waals surface area (Å²) < 4.78 is 8.16. The summed E-state index contributed by atoms with van der Waals surface area (Å²) in [4.78, 5) is 11.0. The van der Waals surface area contributed by atoms with Crippen molar-refractivity contribution in [2.24, 2.45) is 0 Å². The minimum atomic E-state index is -0.911. The number of hydrogen-bond donors (Lipinski definition) is 2. The first-order valence-electron chi connectivity index (χ1n) is 12.2. The van der Waals surface area contributed by atoms with Crippen molar-refractivity contribution in [3.8, 4) is 45.1 Å². The molecule has 0 radical (unpaired) electrons. The second-order valence-electron chi connectivity index (χ2n) is 8.45. The minimum absolute atomic E-state index is 0.153. The van der Waals surface area contributed by atoms with Crippen LogP contribution in [0.1, 0.15) is 6.92 Å². The van der Waals surface area contributed by atoms with Crippen molar-refractivity contribution in [2.75, 3.05) is 18.5 Å². The zero-order chi connectivity index (χ0) is 25.6. The summed E-state index contributed by atoms with van der Waals surface area (Å²) in [5, 5.41) is 17.1. The number of carbonyl (C=O) groups is 1. The van der Waals surface area contributed by atoms with Gasteiger partial charge in [0, 0.05) is 16.8 Å². The molecular weight excluding hydrogens is 462 g/mol. The number of anilines is 1. The molecule has 0 aliphatic carbocycles. The van der Waals surface area contributed by atoms with Gasteiger partial charge < -0.3 is 15.2 Å². The van der Waals surface area contributed by atoms with Crippen LogP contribution in [0.3, 0.4) is 0 Å². The molecule has 0 saturated carbocycles. The van der Waals surface area contributed by atoms with Gasteiger partial charge in [0.2, 0.25) is 5.88 Å². The molecular formula is C31H27N3O3.